The highest BCUT2D eigenvalue weighted by molar-refractivity contribution is 5.67. The monoisotopic (exact) mass is 379 g/mol. The fourth-order valence-corrected chi connectivity index (χ4v) is 4.05. The number of aryl methyl sites for hydroxylation is 1. The van der Waals surface area contributed by atoms with Gasteiger partial charge in [0.15, 0.2) is 0 Å². The number of hydrogen-bond donors (Lipinski definition) is 1. The standard InChI is InChI=1S/C19H33N5O3/c1-4-27-19(26)22-10-6-15(7-11-22)23-8-5-9-24-16(13-23)12-17(20-24)18(25)14-21(2)3/h12,15,18,25H,4-11,13-14H2,1-3H3/t18-/m0/s1. The lowest BCUT2D eigenvalue weighted by atomic mass is 10.0. The number of aliphatic hydroxyl groups is 1. The molecule has 3 rings (SSSR count). The number of aliphatic hydroxyl groups excluding tert-OH is 1. The number of amides is 1. The van der Waals surface area contributed by atoms with Crippen molar-refractivity contribution in [3.63, 3.8) is 0 Å². The van der Waals surface area contributed by atoms with Crippen LogP contribution in [0.15, 0.2) is 6.07 Å². The SMILES string of the molecule is CCOC(=O)N1CCC(N2CCCn3nc([C@@H](O)CN(C)C)cc3C2)CC1. The maximum atomic E-state index is 11.9. The quantitative estimate of drug-likeness (QED) is 0.831. The van der Waals surface area contributed by atoms with E-state index in [1.165, 1.54) is 5.69 Å². The molecule has 1 saturated heterocycles. The number of aromatic nitrogens is 2. The Morgan fingerprint density at radius 3 is 2.74 bits per heavy atom. The van der Waals surface area contributed by atoms with Gasteiger partial charge in [0.05, 0.1) is 18.0 Å². The molecule has 0 aromatic carbocycles. The molecule has 1 fully saturated rings. The van der Waals surface area contributed by atoms with E-state index in [0.29, 0.717) is 19.2 Å². The van der Waals surface area contributed by atoms with Crippen molar-refractivity contribution in [2.24, 2.45) is 0 Å². The molecule has 1 aromatic rings. The zero-order chi connectivity index (χ0) is 19.4. The molecule has 0 saturated carbocycles. The molecule has 1 atom stereocenters. The molecule has 0 aliphatic carbocycles. The topological polar surface area (TPSA) is 74.1 Å². The van der Waals surface area contributed by atoms with Crippen molar-refractivity contribution >= 4 is 6.09 Å². The van der Waals surface area contributed by atoms with Gasteiger partial charge in [0.2, 0.25) is 0 Å². The van der Waals surface area contributed by atoms with Crippen molar-refractivity contribution in [2.75, 3.05) is 46.9 Å². The van der Waals surface area contributed by atoms with Crippen molar-refractivity contribution in [3.05, 3.63) is 17.5 Å². The van der Waals surface area contributed by atoms with E-state index >= 15 is 0 Å². The van der Waals surface area contributed by atoms with Gasteiger partial charge in [-0.2, -0.15) is 5.10 Å². The predicted octanol–water partition coefficient (Wildman–Crippen LogP) is 1.30. The minimum absolute atomic E-state index is 0.190. The molecular formula is C19H33N5O3. The van der Waals surface area contributed by atoms with E-state index in [-0.39, 0.29) is 6.09 Å². The zero-order valence-electron chi connectivity index (χ0n) is 16.8. The lowest BCUT2D eigenvalue weighted by Gasteiger charge is -2.37. The Morgan fingerprint density at radius 1 is 1.33 bits per heavy atom. The Labute approximate surface area is 161 Å². The van der Waals surface area contributed by atoms with Gasteiger partial charge in [-0.15, -0.1) is 0 Å². The summed E-state index contributed by atoms with van der Waals surface area (Å²) >= 11 is 0. The fraction of sp³-hybridized carbons (Fsp3) is 0.789. The van der Waals surface area contributed by atoms with Crippen LogP contribution >= 0.6 is 0 Å². The summed E-state index contributed by atoms with van der Waals surface area (Å²) in [6.07, 6.45) is 2.26. The van der Waals surface area contributed by atoms with Gasteiger partial charge in [-0.25, -0.2) is 4.79 Å². The number of fused-ring (bicyclic) bond motifs is 1. The van der Waals surface area contributed by atoms with Crippen molar-refractivity contribution in [2.45, 2.75) is 51.4 Å². The first-order chi connectivity index (χ1) is 13.0. The number of nitrogens with zero attached hydrogens (tertiary/aromatic N) is 5. The largest absolute Gasteiger partial charge is 0.450 e. The highest BCUT2D eigenvalue weighted by atomic mass is 16.6. The summed E-state index contributed by atoms with van der Waals surface area (Å²) in [5.41, 5.74) is 1.94. The first-order valence-corrected chi connectivity index (χ1v) is 10.0. The number of ether oxygens (including phenoxy) is 1. The van der Waals surface area contributed by atoms with Gasteiger partial charge in [-0.3, -0.25) is 9.58 Å². The van der Waals surface area contributed by atoms with Gasteiger partial charge in [0, 0.05) is 45.3 Å². The van der Waals surface area contributed by atoms with Crippen LogP contribution in [-0.4, -0.2) is 88.6 Å². The Bertz CT molecular complexity index is 625. The molecular weight excluding hydrogens is 346 g/mol. The number of piperidine rings is 1. The smallest absolute Gasteiger partial charge is 0.409 e. The molecule has 2 aliphatic heterocycles. The molecule has 1 amide bonds. The Kier molecular flexibility index (Phi) is 6.73. The second-order valence-electron chi connectivity index (χ2n) is 7.80. The predicted molar refractivity (Wildman–Crippen MR) is 102 cm³/mol. The second kappa shape index (κ2) is 9.03. The summed E-state index contributed by atoms with van der Waals surface area (Å²) in [4.78, 5) is 18.2. The number of rotatable bonds is 5. The third kappa shape index (κ3) is 5.00. The first-order valence-electron chi connectivity index (χ1n) is 10.0. The molecule has 8 nitrogen and oxygen atoms in total. The highest BCUT2D eigenvalue weighted by Gasteiger charge is 2.29. The molecule has 1 aromatic heterocycles. The van der Waals surface area contributed by atoms with Crippen LogP contribution in [-0.2, 0) is 17.8 Å². The van der Waals surface area contributed by atoms with Crippen molar-refractivity contribution < 1.29 is 14.6 Å². The summed E-state index contributed by atoms with van der Waals surface area (Å²) in [5.74, 6) is 0. The Morgan fingerprint density at radius 2 is 2.07 bits per heavy atom. The Balaban J connectivity index is 1.60. The van der Waals surface area contributed by atoms with Gasteiger partial charge in [-0.1, -0.05) is 0 Å². The summed E-state index contributed by atoms with van der Waals surface area (Å²) in [6.45, 7) is 7.15. The van der Waals surface area contributed by atoms with Crippen LogP contribution in [0.3, 0.4) is 0 Å². The molecule has 2 aliphatic rings. The molecule has 0 bridgehead atoms. The average Bonchev–Trinajstić information content (AvgIpc) is 2.93. The van der Waals surface area contributed by atoms with E-state index in [1.807, 2.05) is 30.8 Å². The van der Waals surface area contributed by atoms with Crippen LogP contribution in [0.5, 0.6) is 0 Å². The van der Waals surface area contributed by atoms with Gasteiger partial charge >= 0.3 is 6.09 Å². The number of hydrogen-bond acceptors (Lipinski definition) is 6. The maximum absolute atomic E-state index is 11.9. The van der Waals surface area contributed by atoms with Gasteiger partial charge in [0.25, 0.3) is 0 Å². The van der Waals surface area contributed by atoms with Crippen LogP contribution in [0.25, 0.3) is 0 Å². The normalized spacial score (nSPS) is 20.4. The summed E-state index contributed by atoms with van der Waals surface area (Å²) in [5, 5.41) is 15.0. The van der Waals surface area contributed by atoms with Crippen LogP contribution < -0.4 is 0 Å². The molecule has 1 N–H and O–H groups in total. The number of carbonyl (C=O) groups excluding carboxylic acids is 1. The van der Waals surface area contributed by atoms with Crippen molar-refractivity contribution in [1.29, 1.82) is 0 Å². The van der Waals surface area contributed by atoms with Crippen LogP contribution in [0, 0.1) is 0 Å². The van der Waals surface area contributed by atoms with Crippen molar-refractivity contribution in [3.8, 4) is 0 Å². The zero-order valence-corrected chi connectivity index (χ0v) is 16.8. The van der Waals surface area contributed by atoms with E-state index in [0.717, 1.165) is 57.7 Å². The lowest BCUT2D eigenvalue weighted by molar-refractivity contribution is 0.0727. The van der Waals surface area contributed by atoms with Crippen LogP contribution in [0.4, 0.5) is 4.79 Å². The van der Waals surface area contributed by atoms with Gasteiger partial charge in [-0.05, 0) is 46.3 Å². The highest BCUT2D eigenvalue weighted by Crippen LogP contribution is 2.24. The molecule has 27 heavy (non-hydrogen) atoms. The minimum Gasteiger partial charge on any atom is -0.450 e. The van der Waals surface area contributed by atoms with E-state index in [9.17, 15) is 9.90 Å². The van der Waals surface area contributed by atoms with E-state index in [4.69, 9.17) is 4.74 Å². The van der Waals surface area contributed by atoms with Crippen LogP contribution in [0.1, 0.15) is 43.7 Å². The van der Waals surface area contributed by atoms with E-state index in [2.05, 4.69) is 20.7 Å². The molecule has 3 heterocycles. The number of likely N-dealkylation sites (N-methyl/N-ethyl adjacent to an activating group) is 1. The van der Waals surface area contributed by atoms with E-state index < -0.39 is 6.10 Å². The third-order valence-electron chi connectivity index (χ3n) is 5.45. The fourth-order valence-electron chi connectivity index (χ4n) is 4.05. The lowest BCUT2D eigenvalue weighted by Crippen LogP contribution is -2.46. The Hall–Kier alpha value is -1.64. The summed E-state index contributed by atoms with van der Waals surface area (Å²) in [6, 6.07) is 2.53. The van der Waals surface area contributed by atoms with Crippen LogP contribution in [0.2, 0.25) is 0 Å². The minimum atomic E-state index is -0.555. The summed E-state index contributed by atoms with van der Waals surface area (Å²) in [7, 11) is 3.91. The van der Waals surface area contributed by atoms with Gasteiger partial charge < -0.3 is 19.6 Å². The van der Waals surface area contributed by atoms with Gasteiger partial charge in [0.1, 0.15) is 6.10 Å². The second-order valence-corrected chi connectivity index (χ2v) is 7.80. The maximum Gasteiger partial charge on any atom is 0.409 e. The molecule has 152 valence electrons. The third-order valence-corrected chi connectivity index (χ3v) is 5.45. The summed E-state index contributed by atoms with van der Waals surface area (Å²) < 4.78 is 7.17. The van der Waals surface area contributed by atoms with E-state index in [1.54, 1.807) is 0 Å². The number of carbonyl (C=O) groups is 1. The molecule has 0 radical (unpaired) electrons. The van der Waals surface area contributed by atoms with Crippen molar-refractivity contribution in [1.82, 2.24) is 24.5 Å². The molecule has 0 unspecified atom stereocenters. The first kappa shape index (κ1) is 20.1. The average molecular weight is 380 g/mol. The number of likely N-dealkylation sites (tertiary alicyclic amines) is 1. The molecule has 0 spiro atoms. The molecule has 8 heteroatoms.